The quantitative estimate of drug-likeness (QED) is 0.464. The van der Waals surface area contributed by atoms with Crippen molar-refractivity contribution in [1.29, 1.82) is 0 Å². The summed E-state index contributed by atoms with van der Waals surface area (Å²) in [5.74, 6) is 1.62. The van der Waals surface area contributed by atoms with E-state index in [9.17, 15) is 4.79 Å². The van der Waals surface area contributed by atoms with E-state index in [1.165, 1.54) is 18.2 Å². The van der Waals surface area contributed by atoms with Crippen molar-refractivity contribution in [2.75, 3.05) is 13.7 Å². The molecular weight excluding hydrogens is 374 g/mol. The second-order valence-corrected chi connectivity index (χ2v) is 7.36. The molecule has 3 aromatic rings. The summed E-state index contributed by atoms with van der Waals surface area (Å²) in [6, 6.07) is 28.6. The topological polar surface area (TPSA) is 47.6 Å². The minimum absolute atomic E-state index is 0.119. The summed E-state index contributed by atoms with van der Waals surface area (Å²) in [5.41, 5.74) is 2.53. The summed E-state index contributed by atoms with van der Waals surface area (Å²) < 4.78 is 10.7. The van der Waals surface area contributed by atoms with Crippen molar-refractivity contribution in [3.8, 4) is 11.5 Å². The first-order chi connectivity index (χ1) is 14.7. The van der Waals surface area contributed by atoms with Gasteiger partial charge in [-0.1, -0.05) is 60.7 Å². The third-order valence-electron chi connectivity index (χ3n) is 5.27. The zero-order valence-electron chi connectivity index (χ0n) is 17.6. The fourth-order valence-electron chi connectivity index (χ4n) is 3.54. The van der Waals surface area contributed by atoms with Crippen LogP contribution in [0.25, 0.3) is 0 Å². The number of para-hydroxylation sites is 1. The van der Waals surface area contributed by atoms with Gasteiger partial charge >= 0.3 is 5.97 Å². The van der Waals surface area contributed by atoms with Crippen LogP contribution in [0.2, 0.25) is 0 Å². The molecule has 3 aromatic carbocycles. The molecule has 0 aliphatic carbocycles. The maximum atomic E-state index is 11.6. The molecule has 1 N–H and O–H groups in total. The van der Waals surface area contributed by atoms with Gasteiger partial charge in [0.1, 0.15) is 11.5 Å². The lowest BCUT2D eigenvalue weighted by molar-refractivity contribution is -0.139. The molecule has 0 radical (unpaired) electrons. The van der Waals surface area contributed by atoms with Gasteiger partial charge in [0.05, 0.1) is 13.7 Å². The van der Waals surface area contributed by atoms with Crippen LogP contribution in [0.4, 0.5) is 0 Å². The molecule has 30 heavy (non-hydrogen) atoms. The normalized spacial score (nSPS) is 12.7. The number of nitrogens with one attached hydrogen (secondary N) is 1. The summed E-state index contributed by atoms with van der Waals surface area (Å²) in [6.07, 6.45) is 1.94. The summed E-state index contributed by atoms with van der Waals surface area (Å²) in [6.45, 7) is 2.32. The monoisotopic (exact) mass is 403 g/mol. The number of methoxy groups -OCH3 is 1. The SMILES string of the molecule is COC(=O)CN[C@@H](C)[C@@H](CCc1ccccc1)c1ccc(Oc2ccccc2)cc1. The van der Waals surface area contributed by atoms with Gasteiger partial charge in [-0.15, -0.1) is 0 Å². The Morgan fingerprint density at radius 3 is 2.10 bits per heavy atom. The zero-order chi connectivity index (χ0) is 21.2. The van der Waals surface area contributed by atoms with Crippen LogP contribution < -0.4 is 10.1 Å². The average molecular weight is 404 g/mol. The van der Waals surface area contributed by atoms with Crippen molar-refractivity contribution in [3.63, 3.8) is 0 Å². The first-order valence-corrected chi connectivity index (χ1v) is 10.3. The molecular formula is C26H29NO3. The fraction of sp³-hybridized carbons (Fsp3) is 0.269. The van der Waals surface area contributed by atoms with E-state index < -0.39 is 0 Å². The number of carbonyl (C=O) groups is 1. The van der Waals surface area contributed by atoms with E-state index >= 15 is 0 Å². The molecule has 2 atom stereocenters. The van der Waals surface area contributed by atoms with Crippen LogP contribution in [0.3, 0.4) is 0 Å². The van der Waals surface area contributed by atoms with Crippen molar-refractivity contribution >= 4 is 5.97 Å². The minimum atomic E-state index is -0.254. The molecule has 0 bridgehead atoms. The zero-order valence-corrected chi connectivity index (χ0v) is 17.6. The second-order valence-electron chi connectivity index (χ2n) is 7.36. The minimum Gasteiger partial charge on any atom is -0.468 e. The molecule has 0 heterocycles. The molecule has 0 saturated heterocycles. The summed E-state index contributed by atoms with van der Waals surface area (Å²) in [7, 11) is 1.41. The van der Waals surface area contributed by atoms with E-state index in [0.29, 0.717) is 0 Å². The first-order valence-electron chi connectivity index (χ1n) is 10.3. The highest BCUT2D eigenvalue weighted by Crippen LogP contribution is 2.29. The number of hydrogen-bond acceptors (Lipinski definition) is 4. The lowest BCUT2D eigenvalue weighted by Gasteiger charge is -2.25. The fourth-order valence-corrected chi connectivity index (χ4v) is 3.54. The van der Waals surface area contributed by atoms with Crippen LogP contribution in [0.5, 0.6) is 11.5 Å². The molecule has 0 aliphatic heterocycles. The largest absolute Gasteiger partial charge is 0.468 e. The standard InChI is InChI=1S/C26H29NO3/c1-20(27-19-26(28)29-2)25(18-13-21-9-5-3-6-10-21)22-14-16-24(17-15-22)30-23-11-7-4-8-12-23/h3-12,14-17,20,25,27H,13,18-19H2,1-2H3/t20-,25+/m0/s1. The number of hydrogen-bond donors (Lipinski definition) is 1. The van der Waals surface area contributed by atoms with Crippen LogP contribution in [0, 0.1) is 0 Å². The summed E-state index contributed by atoms with van der Waals surface area (Å²) in [5, 5.41) is 3.32. The molecule has 3 rings (SSSR count). The molecule has 156 valence electrons. The van der Waals surface area contributed by atoms with Gasteiger partial charge in [0.2, 0.25) is 0 Å². The highest BCUT2D eigenvalue weighted by Gasteiger charge is 2.20. The summed E-state index contributed by atoms with van der Waals surface area (Å²) in [4.78, 5) is 11.6. The molecule has 4 heteroatoms. The van der Waals surface area contributed by atoms with E-state index in [-0.39, 0.29) is 24.5 Å². The van der Waals surface area contributed by atoms with Crippen molar-refractivity contribution in [3.05, 3.63) is 96.1 Å². The van der Waals surface area contributed by atoms with Gasteiger partial charge in [-0.05, 0) is 61.1 Å². The Labute approximate surface area is 178 Å². The highest BCUT2D eigenvalue weighted by molar-refractivity contribution is 5.71. The van der Waals surface area contributed by atoms with E-state index in [1.54, 1.807) is 0 Å². The Bertz CT molecular complexity index is 895. The molecule has 0 fully saturated rings. The Kier molecular flexibility index (Phi) is 8.04. The second kappa shape index (κ2) is 11.2. The Hall–Kier alpha value is -3.11. The van der Waals surface area contributed by atoms with Gasteiger partial charge < -0.3 is 14.8 Å². The van der Waals surface area contributed by atoms with E-state index in [0.717, 1.165) is 24.3 Å². The maximum absolute atomic E-state index is 11.6. The van der Waals surface area contributed by atoms with Gasteiger partial charge in [0.15, 0.2) is 0 Å². The van der Waals surface area contributed by atoms with Crippen molar-refractivity contribution < 1.29 is 14.3 Å². The Morgan fingerprint density at radius 1 is 0.867 bits per heavy atom. The van der Waals surface area contributed by atoms with Crippen LogP contribution in [-0.2, 0) is 16.0 Å². The van der Waals surface area contributed by atoms with E-state index in [2.05, 4.69) is 48.6 Å². The predicted octanol–water partition coefficient (Wildman–Crippen LogP) is 5.35. The maximum Gasteiger partial charge on any atom is 0.319 e. The molecule has 0 spiro atoms. The highest BCUT2D eigenvalue weighted by atomic mass is 16.5. The molecule has 4 nitrogen and oxygen atoms in total. The third kappa shape index (κ3) is 6.46. The molecule has 0 aromatic heterocycles. The Balaban J connectivity index is 1.71. The molecule has 0 saturated carbocycles. The molecule has 0 unspecified atom stereocenters. The number of esters is 1. The van der Waals surface area contributed by atoms with Gasteiger partial charge in [-0.25, -0.2) is 0 Å². The van der Waals surface area contributed by atoms with E-state index in [1.807, 2.05) is 48.5 Å². The number of carbonyl (C=O) groups excluding carboxylic acids is 1. The molecule has 0 aliphatic rings. The van der Waals surface area contributed by atoms with E-state index in [4.69, 9.17) is 9.47 Å². The van der Waals surface area contributed by atoms with Crippen LogP contribution in [-0.4, -0.2) is 25.7 Å². The number of aryl methyl sites for hydroxylation is 1. The Morgan fingerprint density at radius 2 is 1.47 bits per heavy atom. The van der Waals surface area contributed by atoms with Crippen molar-refractivity contribution in [1.82, 2.24) is 5.32 Å². The lowest BCUT2D eigenvalue weighted by Crippen LogP contribution is -2.36. The van der Waals surface area contributed by atoms with Gasteiger partial charge in [-0.2, -0.15) is 0 Å². The number of benzene rings is 3. The number of rotatable bonds is 10. The lowest BCUT2D eigenvalue weighted by atomic mass is 9.87. The average Bonchev–Trinajstić information content (AvgIpc) is 2.80. The van der Waals surface area contributed by atoms with Gasteiger partial charge in [0, 0.05) is 6.04 Å². The smallest absolute Gasteiger partial charge is 0.319 e. The predicted molar refractivity (Wildman–Crippen MR) is 120 cm³/mol. The van der Waals surface area contributed by atoms with Crippen molar-refractivity contribution in [2.45, 2.75) is 31.7 Å². The van der Waals surface area contributed by atoms with Crippen molar-refractivity contribution in [2.24, 2.45) is 0 Å². The third-order valence-corrected chi connectivity index (χ3v) is 5.27. The first kappa shape index (κ1) is 21.6. The van der Waals surface area contributed by atoms with Crippen LogP contribution >= 0.6 is 0 Å². The van der Waals surface area contributed by atoms with Gasteiger partial charge in [-0.3, -0.25) is 4.79 Å². The summed E-state index contributed by atoms with van der Waals surface area (Å²) >= 11 is 0. The van der Waals surface area contributed by atoms with Crippen LogP contribution in [0.15, 0.2) is 84.9 Å². The number of ether oxygens (including phenoxy) is 2. The van der Waals surface area contributed by atoms with Gasteiger partial charge in [0.25, 0.3) is 0 Å². The van der Waals surface area contributed by atoms with Crippen LogP contribution in [0.1, 0.15) is 30.4 Å². The molecule has 0 amide bonds.